The van der Waals surface area contributed by atoms with Crippen molar-refractivity contribution < 1.29 is 4.39 Å². The number of hydrogen-bond acceptors (Lipinski definition) is 0. The van der Waals surface area contributed by atoms with Crippen LogP contribution in [0.3, 0.4) is 0 Å². The van der Waals surface area contributed by atoms with Crippen LogP contribution in [-0.4, -0.2) is 4.98 Å². The molecule has 0 saturated heterocycles. The summed E-state index contributed by atoms with van der Waals surface area (Å²) < 4.78 is 12.3. The van der Waals surface area contributed by atoms with E-state index in [1.54, 1.807) is 6.92 Å². The zero-order chi connectivity index (χ0) is 6.15. The maximum atomic E-state index is 12.3. The number of aryl methyl sites for hydroxylation is 1. The molecule has 0 radical (unpaired) electrons. The molecule has 0 aromatic carbocycles. The molecule has 0 spiro atoms. The summed E-state index contributed by atoms with van der Waals surface area (Å²) in [7, 11) is 0. The molecule has 1 N–H and O–H groups in total. The summed E-state index contributed by atoms with van der Waals surface area (Å²) >= 11 is 0. The number of halogens is 1. The van der Waals surface area contributed by atoms with Gasteiger partial charge in [0.15, 0.2) is 0 Å². The lowest BCUT2D eigenvalue weighted by molar-refractivity contribution is 0.621. The summed E-state index contributed by atoms with van der Waals surface area (Å²) in [6.07, 6.45) is 1.37. The van der Waals surface area contributed by atoms with Gasteiger partial charge in [0, 0.05) is 17.5 Å². The highest BCUT2D eigenvalue weighted by Crippen LogP contribution is 2.07. The van der Waals surface area contributed by atoms with E-state index in [0.717, 1.165) is 5.69 Å². The predicted molar refractivity (Wildman–Crippen MR) is 30.2 cm³/mol. The van der Waals surface area contributed by atoms with Crippen molar-refractivity contribution in [3.63, 3.8) is 0 Å². The fourth-order valence-corrected chi connectivity index (χ4v) is 0.567. The second kappa shape index (κ2) is 1.62. The molecule has 8 heavy (non-hydrogen) atoms. The molecule has 0 unspecified atom stereocenters. The van der Waals surface area contributed by atoms with E-state index < -0.39 is 0 Å². The Bertz CT molecular complexity index is 171. The van der Waals surface area contributed by atoms with Crippen molar-refractivity contribution in [3.8, 4) is 0 Å². The molecule has 1 aromatic heterocycles. The summed E-state index contributed by atoms with van der Waals surface area (Å²) in [6.45, 7) is 3.60. The number of H-pyrrole nitrogens is 1. The SMILES string of the molecule is Cc1[nH]cc(F)c1C. The summed E-state index contributed by atoms with van der Waals surface area (Å²) in [5.41, 5.74) is 1.62. The summed E-state index contributed by atoms with van der Waals surface area (Å²) in [4.78, 5) is 2.76. The highest BCUT2D eigenvalue weighted by atomic mass is 19.1. The Labute approximate surface area is 47.5 Å². The van der Waals surface area contributed by atoms with Crippen molar-refractivity contribution in [1.82, 2.24) is 4.98 Å². The molecule has 0 fully saturated rings. The number of aromatic amines is 1. The van der Waals surface area contributed by atoms with Gasteiger partial charge in [-0.3, -0.25) is 0 Å². The predicted octanol–water partition coefficient (Wildman–Crippen LogP) is 1.77. The second-order valence-electron chi connectivity index (χ2n) is 1.89. The van der Waals surface area contributed by atoms with E-state index in [4.69, 9.17) is 0 Å². The lowest BCUT2D eigenvalue weighted by Gasteiger charge is -1.83. The van der Waals surface area contributed by atoms with Gasteiger partial charge >= 0.3 is 0 Å². The highest BCUT2D eigenvalue weighted by Gasteiger charge is 1.98. The van der Waals surface area contributed by atoms with Crippen LogP contribution in [0.1, 0.15) is 11.3 Å². The molecule has 1 rings (SSSR count). The van der Waals surface area contributed by atoms with Gasteiger partial charge in [-0.1, -0.05) is 0 Å². The van der Waals surface area contributed by atoms with Gasteiger partial charge in [-0.2, -0.15) is 0 Å². The molecular formula is C6H8FN. The van der Waals surface area contributed by atoms with Gasteiger partial charge in [0.1, 0.15) is 5.82 Å². The summed E-state index contributed by atoms with van der Waals surface area (Å²) in [5.74, 6) is -0.150. The van der Waals surface area contributed by atoms with Crippen molar-refractivity contribution in [1.29, 1.82) is 0 Å². The van der Waals surface area contributed by atoms with Gasteiger partial charge in [0.25, 0.3) is 0 Å². The van der Waals surface area contributed by atoms with E-state index in [2.05, 4.69) is 4.98 Å². The molecule has 0 aliphatic carbocycles. The van der Waals surface area contributed by atoms with Crippen molar-refractivity contribution in [2.24, 2.45) is 0 Å². The fraction of sp³-hybridized carbons (Fsp3) is 0.333. The van der Waals surface area contributed by atoms with Crippen LogP contribution in [0.5, 0.6) is 0 Å². The molecule has 0 aliphatic rings. The Morgan fingerprint density at radius 3 is 2.25 bits per heavy atom. The minimum Gasteiger partial charge on any atom is -0.362 e. The molecule has 44 valence electrons. The summed E-state index contributed by atoms with van der Waals surface area (Å²) in [6, 6.07) is 0. The van der Waals surface area contributed by atoms with Crippen LogP contribution in [0, 0.1) is 19.7 Å². The molecule has 0 aliphatic heterocycles. The Balaban J connectivity index is 3.19. The molecule has 1 heterocycles. The number of rotatable bonds is 0. The average molecular weight is 113 g/mol. The Morgan fingerprint density at radius 1 is 1.50 bits per heavy atom. The van der Waals surface area contributed by atoms with E-state index in [9.17, 15) is 4.39 Å². The quantitative estimate of drug-likeness (QED) is 0.527. The Kier molecular flexibility index (Phi) is 1.08. The number of hydrogen-bond donors (Lipinski definition) is 1. The third-order valence-electron chi connectivity index (χ3n) is 1.34. The van der Waals surface area contributed by atoms with E-state index in [0.29, 0.717) is 5.56 Å². The standard InChI is InChI=1S/C6H8FN/c1-4-5(2)8-3-6(4)7/h3,8H,1-2H3. The minimum atomic E-state index is -0.150. The van der Waals surface area contributed by atoms with Crippen LogP contribution in [0.25, 0.3) is 0 Å². The van der Waals surface area contributed by atoms with Gasteiger partial charge in [-0.15, -0.1) is 0 Å². The fourth-order valence-electron chi connectivity index (χ4n) is 0.567. The first-order valence-electron chi connectivity index (χ1n) is 2.52. The van der Waals surface area contributed by atoms with Crippen molar-refractivity contribution in [3.05, 3.63) is 23.3 Å². The van der Waals surface area contributed by atoms with Crippen LogP contribution in [0.2, 0.25) is 0 Å². The zero-order valence-electron chi connectivity index (χ0n) is 4.96. The number of aromatic nitrogens is 1. The van der Waals surface area contributed by atoms with Crippen molar-refractivity contribution in [2.45, 2.75) is 13.8 Å². The van der Waals surface area contributed by atoms with E-state index >= 15 is 0 Å². The Hall–Kier alpha value is -0.790. The smallest absolute Gasteiger partial charge is 0.143 e. The van der Waals surface area contributed by atoms with Gasteiger partial charge in [0.05, 0.1) is 0 Å². The lowest BCUT2D eigenvalue weighted by atomic mass is 10.3. The molecule has 1 aromatic rings. The number of nitrogens with one attached hydrogen (secondary N) is 1. The van der Waals surface area contributed by atoms with E-state index in [-0.39, 0.29) is 5.82 Å². The van der Waals surface area contributed by atoms with Crippen LogP contribution < -0.4 is 0 Å². The molecule has 1 nitrogen and oxygen atoms in total. The van der Waals surface area contributed by atoms with Gasteiger partial charge < -0.3 is 4.98 Å². The Morgan fingerprint density at radius 2 is 2.12 bits per heavy atom. The molecule has 0 saturated carbocycles. The molecule has 2 heteroatoms. The molecule has 0 bridgehead atoms. The van der Waals surface area contributed by atoms with Gasteiger partial charge in [0.2, 0.25) is 0 Å². The minimum absolute atomic E-state index is 0.150. The maximum Gasteiger partial charge on any atom is 0.143 e. The topological polar surface area (TPSA) is 15.8 Å². The van der Waals surface area contributed by atoms with Crippen LogP contribution >= 0.6 is 0 Å². The summed E-state index contributed by atoms with van der Waals surface area (Å²) in [5, 5.41) is 0. The largest absolute Gasteiger partial charge is 0.362 e. The monoisotopic (exact) mass is 113 g/mol. The third kappa shape index (κ3) is 0.619. The first-order chi connectivity index (χ1) is 3.72. The third-order valence-corrected chi connectivity index (χ3v) is 1.34. The van der Waals surface area contributed by atoms with Crippen molar-refractivity contribution >= 4 is 0 Å². The lowest BCUT2D eigenvalue weighted by Crippen LogP contribution is -1.73. The van der Waals surface area contributed by atoms with Crippen LogP contribution in [0.15, 0.2) is 6.20 Å². The molecule has 0 amide bonds. The van der Waals surface area contributed by atoms with Crippen molar-refractivity contribution in [2.75, 3.05) is 0 Å². The highest BCUT2D eigenvalue weighted by molar-refractivity contribution is 5.18. The zero-order valence-corrected chi connectivity index (χ0v) is 4.96. The maximum absolute atomic E-state index is 12.3. The van der Waals surface area contributed by atoms with E-state index in [1.165, 1.54) is 6.20 Å². The first kappa shape index (κ1) is 5.35. The van der Waals surface area contributed by atoms with Crippen LogP contribution in [-0.2, 0) is 0 Å². The normalized spacial score (nSPS) is 9.88. The van der Waals surface area contributed by atoms with Gasteiger partial charge in [-0.25, -0.2) is 4.39 Å². The second-order valence-corrected chi connectivity index (χ2v) is 1.89. The average Bonchev–Trinajstić information content (AvgIpc) is 1.98. The first-order valence-corrected chi connectivity index (χ1v) is 2.52. The van der Waals surface area contributed by atoms with Crippen LogP contribution in [0.4, 0.5) is 4.39 Å². The molecule has 0 atom stereocenters. The van der Waals surface area contributed by atoms with E-state index in [1.807, 2.05) is 6.92 Å². The van der Waals surface area contributed by atoms with Gasteiger partial charge in [-0.05, 0) is 13.8 Å². The molecular weight excluding hydrogens is 105 g/mol.